The molecule has 0 bridgehead atoms. The van der Waals surface area contributed by atoms with Crippen LogP contribution in [0.2, 0.25) is 0 Å². The predicted octanol–water partition coefficient (Wildman–Crippen LogP) is 6.77. The Balaban J connectivity index is 1.81. The van der Waals surface area contributed by atoms with Gasteiger partial charge < -0.3 is 4.42 Å². The summed E-state index contributed by atoms with van der Waals surface area (Å²) in [5.41, 5.74) is 6.91. The number of hydrogen-bond donors (Lipinski definition) is 0. The molecule has 2 aromatic heterocycles. The normalized spacial score (nSPS) is 11.4. The fourth-order valence-corrected chi connectivity index (χ4v) is 4.43. The summed E-state index contributed by atoms with van der Waals surface area (Å²) in [5, 5.41) is 11.6. The standard InChI is InChI=1S/C27H17N3O/c1-17-15-18(16-28)25-20-11-5-8-14-23(20)31-26(25)24(17)27-29-21-12-6-7-13-22(21)30(27)19-9-3-2-4-10-19/h2-15H,1H3. The predicted molar refractivity (Wildman–Crippen MR) is 123 cm³/mol. The number of rotatable bonds is 2. The lowest BCUT2D eigenvalue weighted by atomic mass is 9.98. The molecule has 0 N–H and O–H groups in total. The Kier molecular flexibility index (Phi) is 3.71. The zero-order chi connectivity index (χ0) is 20.9. The molecule has 0 saturated heterocycles. The topological polar surface area (TPSA) is 54.8 Å². The van der Waals surface area contributed by atoms with E-state index in [0.29, 0.717) is 11.1 Å². The van der Waals surface area contributed by atoms with Crippen LogP contribution in [0.4, 0.5) is 0 Å². The van der Waals surface area contributed by atoms with Crippen molar-refractivity contribution in [3.63, 3.8) is 0 Å². The zero-order valence-electron chi connectivity index (χ0n) is 16.8. The van der Waals surface area contributed by atoms with Crippen molar-refractivity contribution in [2.45, 2.75) is 6.92 Å². The molecule has 0 unspecified atom stereocenters. The van der Waals surface area contributed by atoms with E-state index in [-0.39, 0.29) is 0 Å². The highest BCUT2D eigenvalue weighted by Gasteiger charge is 2.23. The highest BCUT2D eigenvalue weighted by atomic mass is 16.3. The number of fused-ring (bicyclic) bond motifs is 4. The maximum atomic E-state index is 9.83. The Morgan fingerprint density at radius 1 is 0.903 bits per heavy atom. The number of nitrogens with zero attached hydrogens (tertiary/aromatic N) is 3. The van der Waals surface area contributed by atoms with Gasteiger partial charge in [-0.05, 0) is 48.9 Å². The average Bonchev–Trinajstić information content (AvgIpc) is 3.37. The Morgan fingerprint density at radius 3 is 2.48 bits per heavy atom. The molecule has 4 nitrogen and oxygen atoms in total. The number of aryl methyl sites for hydroxylation is 1. The van der Waals surface area contributed by atoms with Gasteiger partial charge in [0.1, 0.15) is 17.0 Å². The van der Waals surface area contributed by atoms with Crippen molar-refractivity contribution in [1.29, 1.82) is 5.26 Å². The molecule has 0 radical (unpaired) electrons. The van der Waals surface area contributed by atoms with Gasteiger partial charge in [-0.15, -0.1) is 0 Å². The molecule has 0 aliphatic heterocycles. The fourth-order valence-electron chi connectivity index (χ4n) is 4.43. The molecule has 0 amide bonds. The Labute approximate surface area is 178 Å². The van der Waals surface area contributed by atoms with Gasteiger partial charge in [0.15, 0.2) is 0 Å². The monoisotopic (exact) mass is 399 g/mol. The van der Waals surface area contributed by atoms with Crippen molar-refractivity contribution in [2.24, 2.45) is 0 Å². The molecule has 4 aromatic carbocycles. The number of furan rings is 1. The van der Waals surface area contributed by atoms with E-state index in [1.165, 1.54) is 0 Å². The molecule has 31 heavy (non-hydrogen) atoms. The Bertz CT molecular complexity index is 1650. The van der Waals surface area contributed by atoms with Crippen LogP contribution in [0.1, 0.15) is 11.1 Å². The lowest BCUT2D eigenvalue weighted by molar-refractivity contribution is 0.669. The van der Waals surface area contributed by atoms with E-state index >= 15 is 0 Å². The summed E-state index contributed by atoms with van der Waals surface area (Å²) in [6, 6.07) is 30.5. The van der Waals surface area contributed by atoms with Crippen molar-refractivity contribution in [1.82, 2.24) is 9.55 Å². The van der Waals surface area contributed by atoms with E-state index in [9.17, 15) is 5.26 Å². The first-order chi connectivity index (χ1) is 15.3. The molecule has 6 rings (SSSR count). The second-order valence-corrected chi connectivity index (χ2v) is 7.63. The molecule has 0 aliphatic rings. The third-order valence-corrected chi connectivity index (χ3v) is 5.77. The SMILES string of the molecule is Cc1cc(C#N)c2c(oc3ccccc32)c1-c1nc2ccccc2n1-c1ccccc1. The molecule has 2 heterocycles. The van der Waals surface area contributed by atoms with E-state index in [2.05, 4.69) is 28.8 Å². The summed E-state index contributed by atoms with van der Waals surface area (Å²) in [4.78, 5) is 5.02. The van der Waals surface area contributed by atoms with Crippen LogP contribution in [-0.2, 0) is 0 Å². The first kappa shape index (κ1) is 17.5. The lowest BCUT2D eigenvalue weighted by Gasteiger charge is -2.12. The van der Waals surface area contributed by atoms with E-state index in [1.807, 2.05) is 73.7 Å². The largest absolute Gasteiger partial charge is 0.455 e. The van der Waals surface area contributed by atoms with Crippen molar-refractivity contribution < 1.29 is 4.42 Å². The molecule has 0 aliphatic carbocycles. The maximum absolute atomic E-state index is 9.83. The van der Waals surface area contributed by atoms with E-state index in [4.69, 9.17) is 9.40 Å². The number of aromatic nitrogens is 2. The molecule has 0 saturated carbocycles. The second kappa shape index (κ2) is 6.58. The smallest absolute Gasteiger partial charge is 0.149 e. The van der Waals surface area contributed by atoms with Crippen LogP contribution in [0.3, 0.4) is 0 Å². The van der Waals surface area contributed by atoms with Crippen LogP contribution in [-0.4, -0.2) is 9.55 Å². The van der Waals surface area contributed by atoms with Crippen LogP contribution in [0, 0.1) is 18.3 Å². The minimum Gasteiger partial charge on any atom is -0.455 e. The van der Waals surface area contributed by atoms with E-state index in [1.54, 1.807) is 0 Å². The van der Waals surface area contributed by atoms with Crippen molar-refractivity contribution in [3.8, 4) is 23.1 Å². The Hall–Kier alpha value is -4.36. The van der Waals surface area contributed by atoms with E-state index < -0.39 is 0 Å². The van der Waals surface area contributed by atoms with Gasteiger partial charge in [-0.25, -0.2) is 4.98 Å². The van der Waals surface area contributed by atoms with Crippen LogP contribution in [0.25, 0.3) is 50.0 Å². The summed E-state index contributed by atoms with van der Waals surface area (Å²) in [7, 11) is 0. The van der Waals surface area contributed by atoms with Crippen molar-refractivity contribution >= 4 is 33.0 Å². The van der Waals surface area contributed by atoms with Gasteiger partial charge in [-0.3, -0.25) is 4.57 Å². The summed E-state index contributed by atoms with van der Waals surface area (Å²) in [5.74, 6) is 0.804. The van der Waals surface area contributed by atoms with Crippen LogP contribution >= 0.6 is 0 Å². The minimum absolute atomic E-state index is 0.614. The number of nitriles is 1. The summed E-state index contributed by atoms with van der Waals surface area (Å²) < 4.78 is 8.51. The van der Waals surface area contributed by atoms with E-state index in [0.717, 1.165) is 50.0 Å². The number of benzene rings is 4. The summed E-state index contributed by atoms with van der Waals surface area (Å²) in [6.45, 7) is 2.01. The molecule has 6 aromatic rings. The average molecular weight is 399 g/mol. The second-order valence-electron chi connectivity index (χ2n) is 7.63. The van der Waals surface area contributed by atoms with Gasteiger partial charge in [0.25, 0.3) is 0 Å². The number of para-hydroxylation sites is 4. The van der Waals surface area contributed by atoms with Gasteiger partial charge in [0, 0.05) is 16.5 Å². The minimum atomic E-state index is 0.614. The molecular weight excluding hydrogens is 382 g/mol. The third-order valence-electron chi connectivity index (χ3n) is 5.77. The van der Waals surface area contributed by atoms with Crippen molar-refractivity contribution in [3.05, 3.63) is 96.1 Å². The first-order valence-electron chi connectivity index (χ1n) is 10.1. The third kappa shape index (κ3) is 2.50. The van der Waals surface area contributed by atoms with Crippen molar-refractivity contribution in [2.75, 3.05) is 0 Å². The molecular formula is C27H17N3O. The highest BCUT2D eigenvalue weighted by Crippen LogP contribution is 2.41. The highest BCUT2D eigenvalue weighted by molar-refractivity contribution is 6.12. The molecule has 4 heteroatoms. The van der Waals surface area contributed by atoms with Gasteiger partial charge >= 0.3 is 0 Å². The zero-order valence-corrected chi connectivity index (χ0v) is 16.8. The summed E-state index contributed by atoms with van der Waals surface area (Å²) in [6.07, 6.45) is 0. The van der Waals surface area contributed by atoms with Crippen LogP contribution < -0.4 is 0 Å². The van der Waals surface area contributed by atoms with Crippen LogP contribution in [0.15, 0.2) is 89.3 Å². The number of hydrogen-bond acceptors (Lipinski definition) is 3. The quantitative estimate of drug-likeness (QED) is 0.323. The molecule has 146 valence electrons. The molecule has 0 atom stereocenters. The lowest BCUT2D eigenvalue weighted by Crippen LogP contribution is -1.99. The summed E-state index contributed by atoms with van der Waals surface area (Å²) >= 11 is 0. The van der Waals surface area contributed by atoms with Gasteiger partial charge in [0.05, 0.1) is 28.2 Å². The molecule has 0 spiro atoms. The maximum Gasteiger partial charge on any atom is 0.149 e. The first-order valence-corrected chi connectivity index (χ1v) is 10.1. The molecule has 0 fully saturated rings. The van der Waals surface area contributed by atoms with Crippen LogP contribution in [0.5, 0.6) is 0 Å². The number of imidazole rings is 1. The Morgan fingerprint density at radius 2 is 1.65 bits per heavy atom. The van der Waals surface area contributed by atoms with Gasteiger partial charge in [0.2, 0.25) is 0 Å². The van der Waals surface area contributed by atoms with Gasteiger partial charge in [-0.2, -0.15) is 5.26 Å². The van der Waals surface area contributed by atoms with Gasteiger partial charge in [-0.1, -0.05) is 48.5 Å². The fraction of sp³-hybridized carbons (Fsp3) is 0.0370.